The van der Waals surface area contributed by atoms with Crippen molar-refractivity contribution in [3.05, 3.63) is 72.7 Å². The first-order valence-corrected chi connectivity index (χ1v) is 8.65. The number of carbonyl (C=O) groups is 1. The third kappa shape index (κ3) is 4.32. The summed E-state index contributed by atoms with van der Waals surface area (Å²) in [5.74, 6) is -0.386. The Labute approximate surface area is 167 Å². The number of halogens is 3. The van der Waals surface area contributed by atoms with Crippen LogP contribution in [0.3, 0.4) is 0 Å². The fraction of sp³-hybridized carbons (Fsp3) is 0.0500. The van der Waals surface area contributed by atoms with Gasteiger partial charge in [-0.25, -0.2) is 9.97 Å². The van der Waals surface area contributed by atoms with Crippen LogP contribution in [0.1, 0.15) is 10.4 Å². The van der Waals surface area contributed by atoms with E-state index >= 15 is 0 Å². The quantitative estimate of drug-likeness (QED) is 0.513. The van der Waals surface area contributed by atoms with Crippen LogP contribution in [-0.4, -0.2) is 26.6 Å². The fourth-order valence-corrected chi connectivity index (χ4v) is 2.82. The van der Waals surface area contributed by atoms with E-state index in [0.717, 1.165) is 5.56 Å². The number of benzene rings is 2. The zero-order valence-electron chi connectivity index (χ0n) is 15.2. The van der Waals surface area contributed by atoms with Gasteiger partial charge in [-0.2, -0.15) is 0 Å². The van der Waals surface area contributed by atoms with Gasteiger partial charge in [0.25, 0.3) is 0 Å². The molecule has 0 saturated heterocycles. The van der Waals surface area contributed by atoms with E-state index in [-0.39, 0.29) is 5.75 Å². The van der Waals surface area contributed by atoms with Gasteiger partial charge in [0.2, 0.25) is 5.91 Å². The van der Waals surface area contributed by atoms with Gasteiger partial charge >= 0.3 is 6.36 Å². The molecule has 0 atom stereocenters. The van der Waals surface area contributed by atoms with Gasteiger partial charge in [0.15, 0.2) is 0 Å². The van der Waals surface area contributed by atoms with Crippen molar-refractivity contribution in [3.63, 3.8) is 0 Å². The Hall–Kier alpha value is -4.08. The van der Waals surface area contributed by atoms with E-state index in [1.54, 1.807) is 41.2 Å². The molecule has 0 bridgehead atoms. The average molecular weight is 413 g/mol. The van der Waals surface area contributed by atoms with Crippen molar-refractivity contribution in [1.82, 2.24) is 14.4 Å². The molecule has 0 saturated carbocycles. The molecule has 7 nitrogen and oxygen atoms in total. The third-order valence-electron chi connectivity index (χ3n) is 4.15. The van der Waals surface area contributed by atoms with E-state index in [4.69, 9.17) is 5.73 Å². The number of nitrogens with zero attached hydrogens (tertiary/aromatic N) is 3. The van der Waals surface area contributed by atoms with Gasteiger partial charge in [-0.1, -0.05) is 12.1 Å². The lowest BCUT2D eigenvalue weighted by molar-refractivity contribution is -0.274. The number of nitrogens with two attached hydrogens (primary N) is 1. The number of ether oxygens (including phenoxy) is 1. The second kappa shape index (κ2) is 7.39. The summed E-state index contributed by atoms with van der Waals surface area (Å²) in [4.78, 5) is 20.2. The Morgan fingerprint density at radius 2 is 1.87 bits per heavy atom. The lowest BCUT2D eigenvalue weighted by atomic mass is 10.1. The van der Waals surface area contributed by atoms with E-state index in [9.17, 15) is 18.0 Å². The van der Waals surface area contributed by atoms with Crippen LogP contribution in [0.15, 0.2) is 67.1 Å². The molecule has 152 valence electrons. The number of fused-ring (bicyclic) bond motifs is 1. The number of rotatable bonds is 5. The summed E-state index contributed by atoms with van der Waals surface area (Å²) in [7, 11) is 0. The molecule has 10 heteroatoms. The van der Waals surface area contributed by atoms with Crippen LogP contribution in [0, 0.1) is 0 Å². The van der Waals surface area contributed by atoms with Gasteiger partial charge in [0.1, 0.15) is 23.5 Å². The Bertz CT molecular complexity index is 1220. The van der Waals surface area contributed by atoms with Crippen LogP contribution >= 0.6 is 0 Å². The molecular weight excluding hydrogens is 399 g/mol. The van der Waals surface area contributed by atoms with Gasteiger partial charge in [0.05, 0.1) is 5.69 Å². The number of aromatic nitrogens is 3. The molecule has 1 amide bonds. The summed E-state index contributed by atoms with van der Waals surface area (Å²) in [5, 5.41) is 3.00. The number of primary amides is 1. The predicted octanol–water partition coefficient (Wildman–Crippen LogP) is 4.14. The van der Waals surface area contributed by atoms with Crippen molar-refractivity contribution in [2.24, 2.45) is 5.73 Å². The van der Waals surface area contributed by atoms with Crippen LogP contribution in [0.4, 0.5) is 24.7 Å². The van der Waals surface area contributed by atoms with Crippen molar-refractivity contribution in [2.45, 2.75) is 6.36 Å². The molecule has 0 fully saturated rings. The van der Waals surface area contributed by atoms with Crippen molar-refractivity contribution >= 4 is 23.1 Å². The second-order valence-electron chi connectivity index (χ2n) is 6.31. The summed E-state index contributed by atoms with van der Waals surface area (Å²) in [6.07, 6.45) is -1.43. The molecule has 2 heterocycles. The van der Waals surface area contributed by atoms with Crippen molar-refractivity contribution in [2.75, 3.05) is 5.32 Å². The minimum Gasteiger partial charge on any atom is -0.406 e. The first-order chi connectivity index (χ1) is 14.3. The van der Waals surface area contributed by atoms with Crippen LogP contribution in [0.5, 0.6) is 5.75 Å². The Morgan fingerprint density at radius 3 is 2.57 bits per heavy atom. The summed E-state index contributed by atoms with van der Waals surface area (Å²) >= 11 is 0. The first-order valence-electron chi connectivity index (χ1n) is 8.65. The summed E-state index contributed by atoms with van der Waals surface area (Å²) in [6.45, 7) is 0. The second-order valence-corrected chi connectivity index (χ2v) is 6.31. The maximum absolute atomic E-state index is 12.2. The normalized spacial score (nSPS) is 11.4. The lowest BCUT2D eigenvalue weighted by Gasteiger charge is -2.10. The minimum atomic E-state index is -4.74. The van der Waals surface area contributed by atoms with E-state index in [1.807, 2.05) is 6.07 Å². The first kappa shape index (κ1) is 19.2. The van der Waals surface area contributed by atoms with Crippen LogP contribution in [0.25, 0.3) is 16.9 Å². The molecule has 4 rings (SSSR count). The maximum Gasteiger partial charge on any atom is 0.573 e. The van der Waals surface area contributed by atoms with E-state index in [1.165, 1.54) is 24.3 Å². The predicted molar refractivity (Wildman–Crippen MR) is 103 cm³/mol. The molecule has 0 unspecified atom stereocenters. The van der Waals surface area contributed by atoms with E-state index < -0.39 is 12.3 Å². The molecule has 0 radical (unpaired) electrons. The lowest BCUT2D eigenvalue weighted by Crippen LogP contribution is -2.16. The number of imidazole rings is 1. The summed E-state index contributed by atoms with van der Waals surface area (Å²) in [6, 6.07) is 13.8. The van der Waals surface area contributed by atoms with Crippen LogP contribution in [-0.2, 0) is 0 Å². The van der Waals surface area contributed by atoms with E-state index in [2.05, 4.69) is 20.0 Å². The monoisotopic (exact) mass is 413 g/mol. The van der Waals surface area contributed by atoms with Gasteiger partial charge in [-0.15, -0.1) is 13.2 Å². The SMILES string of the molecule is NC(=O)c1cccc(-c2cn3cnc(Nc4ccc(OC(F)(F)F)cc4)cc3n2)c1. The van der Waals surface area contributed by atoms with Gasteiger partial charge in [-0.05, 0) is 36.4 Å². The van der Waals surface area contributed by atoms with Crippen molar-refractivity contribution < 1.29 is 22.7 Å². The fourth-order valence-electron chi connectivity index (χ4n) is 2.82. The standard InChI is InChI=1S/C20H14F3N5O2/c21-20(22,23)30-15-6-4-14(5-7-15)26-17-9-18-27-16(10-28(18)11-25-17)12-2-1-3-13(8-12)19(24)29/h1-11,26H,(H2,24,29). The van der Waals surface area contributed by atoms with Gasteiger partial charge < -0.3 is 15.8 Å². The maximum atomic E-state index is 12.2. The third-order valence-corrected chi connectivity index (χ3v) is 4.15. The molecule has 2 aromatic heterocycles. The molecular formula is C20H14F3N5O2. The van der Waals surface area contributed by atoms with Crippen LogP contribution < -0.4 is 15.8 Å². The number of carbonyl (C=O) groups excluding carboxylic acids is 1. The number of nitrogens with one attached hydrogen (secondary N) is 1. The molecule has 0 aliphatic rings. The highest BCUT2D eigenvalue weighted by Gasteiger charge is 2.30. The number of anilines is 2. The molecule has 0 aliphatic carbocycles. The van der Waals surface area contributed by atoms with Crippen molar-refractivity contribution in [3.8, 4) is 17.0 Å². The molecule has 0 aliphatic heterocycles. The average Bonchev–Trinajstić information content (AvgIpc) is 3.12. The Kier molecular flexibility index (Phi) is 4.74. The highest BCUT2D eigenvalue weighted by Crippen LogP contribution is 2.26. The number of hydrogen-bond acceptors (Lipinski definition) is 5. The molecule has 2 aromatic carbocycles. The molecule has 4 aromatic rings. The summed E-state index contributed by atoms with van der Waals surface area (Å²) < 4.78 is 42.3. The zero-order chi connectivity index (χ0) is 21.3. The smallest absolute Gasteiger partial charge is 0.406 e. The highest BCUT2D eigenvalue weighted by atomic mass is 19.4. The summed E-state index contributed by atoms with van der Waals surface area (Å²) in [5.41, 5.74) is 8.17. The van der Waals surface area contributed by atoms with Crippen molar-refractivity contribution in [1.29, 1.82) is 0 Å². The van der Waals surface area contributed by atoms with Gasteiger partial charge in [-0.3, -0.25) is 9.20 Å². The highest BCUT2D eigenvalue weighted by molar-refractivity contribution is 5.94. The van der Waals surface area contributed by atoms with E-state index in [0.29, 0.717) is 28.4 Å². The number of hydrogen-bond donors (Lipinski definition) is 2. The Balaban J connectivity index is 1.55. The largest absolute Gasteiger partial charge is 0.573 e. The Morgan fingerprint density at radius 1 is 1.10 bits per heavy atom. The number of alkyl halides is 3. The van der Waals surface area contributed by atoms with Crippen LogP contribution in [0.2, 0.25) is 0 Å². The molecule has 30 heavy (non-hydrogen) atoms. The molecule has 0 spiro atoms. The number of amides is 1. The zero-order valence-corrected chi connectivity index (χ0v) is 15.2. The topological polar surface area (TPSA) is 94.5 Å². The minimum absolute atomic E-state index is 0.312. The van der Waals surface area contributed by atoms with Gasteiger partial charge in [0, 0.05) is 29.1 Å². The molecule has 3 N–H and O–H groups in total.